The van der Waals surface area contributed by atoms with Crippen LogP contribution in [0.5, 0.6) is 5.75 Å². The van der Waals surface area contributed by atoms with E-state index >= 15 is 0 Å². The number of nitrogens with zero attached hydrogens (tertiary/aromatic N) is 2. The van der Waals surface area contributed by atoms with Crippen molar-refractivity contribution in [1.82, 2.24) is 9.88 Å². The summed E-state index contributed by atoms with van der Waals surface area (Å²) in [4.78, 5) is 18.9. The monoisotopic (exact) mass is 357 g/mol. The SMILES string of the molecule is COc1ccc(-c2cnc(CCC(=O)N3CCC[C@@H](C)[C@H]3CN)o2)cc1. The van der Waals surface area contributed by atoms with Crippen molar-refractivity contribution in [3.63, 3.8) is 0 Å². The molecular weight excluding hydrogens is 330 g/mol. The summed E-state index contributed by atoms with van der Waals surface area (Å²) < 4.78 is 11.0. The summed E-state index contributed by atoms with van der Waals surface area (Å²) >= 11 is 0. The third-order valence-electron chi connectivity index (χ3n) is 5.16. The molecule has 2 N–H and O–H groups in total. The number of benzene rings is 1. The van der Waals surface area contributed by atoms with Gasteiger partial charge < -0.3 is 19.8 Å². The van der Waals surface area contributed by atoms with Crippen LogP contribution in [0.3, 0.4) is 0 Å². The van der Waals surface area contributed by atoms with E-state index in [-0.39, 0.29) is 11.9 Å². The molecule has 0 bridgehead atoms. The molecule has 0 unspecified atom stereocenters. The van der Waals surface area contributed by atoms with Crippen molar-refractivity contribution >= 4 is 5.91 Å². The number of carbonyl (C=O) groups excluding carboxylic acids is 1. The molecule has 6 heteroatoms. The number of carbonyl (C=O) groups is 1. The third kappa shape index (κ3) is 4.07. The molecule has 6 nitrogen and oxygen atoms in total. The highest BCUT2D eigenvalue weighted by atomic mass is 16.5. The number of likely N-dealkylation sites (tertiary alicyclic amines) is 1. The molecule has 1 aliphatic heterocycles. The molecule has 1 fully saturated rings. The lowest BCUT2D eigenvalue weighted by molar-refractivity contribution is -0.136. The predicted molar refractivity (Wildman–Crippen MR) is 99.8 cm³/mol. The first kappa shape index (κ1) is 18.5. The number of hydrogen-bond donors (Lipinski definition) is 1. The zero-order valence-electron chi connectivity index (χ0n) is 15.5. The van der Waals surface area contributed by atoms with Crippen LogP contribution in [0.25, 0.3) is 11.3 Å². The van der Waals surface area contributed by atoms with Gasteiger partial charge in [0, 0.05) is 37.5 Å². The summed E-state index contributed by atoms with van der Waals surface area (Å²) in [7, 11) is 1.64. The van der Waals surface area contributed by atoms with Crippen LogP contribution >= 0.6 is 0 Å². The van der Waals surface area contributed by atoms with Gasteiger partial charge in [0.25, 0.3) is 0 Å². The average Bonchev–Trinajstić information content (AvgIpc) is 3.15. The van der Waals surface area contributed by atoms with Crippen LogP contribution in [0.4, 0.5) is 0 Å². The number of methoxy groups -OCH3 is 1. The molecule has 0 aliphatic carbocycles. The van der Waals surface area contributed by atoms with Gasteiger partial charge in [-0.05, 0) is 43.0 Å². The first-order valence-corrected chi connectivity index (χ1v) is 9.21. The van der Waals surface area contributed by atoms with E-state index in [0.717, 1.165) is 30.7 Å². The average molecular weight is 357 g/mol. The van der Waals surface area contributed by atoms with Crippen LogP contribution in [0.15, 0.2) is 34.9 Å². The number of hydrogen-bond acceptors (Lipinski definition) is 5. The van der Waals surface area contributed by atoms with E-state index in [0.29, 0.717) is 37.0 Å². The van der Waals surface area contributed by atoms with Gasteiger partial charge in [0.1, 0.15) is 5.75 Å². The summed E-state index contributed by atoms with van der Waals surface area (Å²) in [5.74, 6) is 2.67. The minimum Gasteiger partial charge on any atom is -0.497 e. The molecule has 1 aromatic carbocycles. The summed E-state index contributed by atoms with van der Waals surface area (Å²) in [6, 6.07) is 7.76. The fourth-order valence-electron chi connectivity index (χ4n) is 3.59. The highest BCUT2D eigenvalue weighted by Gasteiger charge is 2.30. The predicted octanol–water partition coefficient (Wildman–Crippen LogP) is 2.87. The van der Waals surface area contributed by atoms with Gasteiger partial charge in [0.2, 0.25) is 5.91 Å². The minimum absolute atomic E-state index is 0.135. The van der Waals surface area contributed by atoms with Gasteiger partial charge in [-0.15, -0.1) is 0 Å². The summed E-state index contributed by atoms with van der Waals surface area (Å²) in [5.41, 5.74) is 6.82. The second-order valence-corrected chi connectivity index (χ2v) is 6.86. The first-order chi connectivity index (χ1) is 12.6. The van der Waals surface area contributed by atoms with Crippen LogP contribution < -0.4 is 10.5 Å². The fraction of sp³-hybridized carbons (Fsp3) is 0.500. The summed E-state index contributed by atoms with van der Waals surface area (Å²) in [6.45, 7) is 3.49. The van der Waals surface area contributed by atoms with Gasteiger partial charge in [-0.2, -0.15) is 0 Å². The summed E-state index contributed by atoms with van der Waals surface area (Å²) in [5, 5.41) is 0. The Bertz CT molecular complexity index is 726. The van der Waals surface area contributed by atoms with E-state index < -0.39 is 0 Å². The zero-order valence-corrected chi connectivity index (χ0v) is 15.5. The topological polar surface area (TPSA) is 81.6 Å². The molecule has 26 heavy (non-hydrogen) atoms. The lowest BCUT2D eigenvalue weighted by Gasteiger charge is -2.39. The molecule has 3 rings (SSSR count). The van der Waals surface area contributed by atoms with Crippen LogP contribution in [0.1, 0.15) is 32.1 Å². The van der Waals surface area contributed by atoms with Crippen molar-refractivity contribution in [3.8, 4) is 17.1 Å². The van der Waals surface area contributed by atoms with E-state index in [4.69, 9.17) is 14.9 Å². The molecule has 1 amide bonds. The van der Waals surface area contributed by atoms with Crippen LogP contribution in [0.2, 0.25) is 0 Å². The van der Waals surface area contributed by atoms with Crippen molar-refractivity contribution in [1.29, 1.82) is 0 Å². The molecule has 2 atom stereocenters. The van der Waals surface area contributed by atoms with Crippen LogP contribution in [-0.2, 0) is 11.2 Å². The summed E-state index contributed by atoms with van der Waals surface area (Å²) in [6.07, 6.45) is 4.77. The molecule has 2 aromatic rings. The van der Waals surface area contributed by atoms with Crippen molar-refractivity contribution in [2.45, 2.75) is 38.6 Å². The van der Waals surface area contributed by atoms with E-state index in [1.165, 1.54) is 0 Å². The lowest BCUT2D eigenvalue weighted by Crippen LogP contribution is -2.51. The Labute approximate surface area is 154 Å². The van der Waals surface area contributed by atoms with E-state index in [2.05, 4.69) is 11.9 Å². The molecule has 2 heterocycles. The van der Waals surface area contributed by atoms with Crippen molar-refractivity contribution in [2.24, 2.45) is 11.7 Å². The molecule has 0 saturated carbocycles. The smallest absolute Gasteiger partial charge is 0.223 e. The highest BCUT2D eigenvalue weighted by Crippen LogP contribution is 2.25. The zero-order chi connectivity index (χ0) is 18.5. The highest BCUT2D eigenvalue weighted by molar-refractivity contribution is 5.77. The number of amides is 1. The molecule has 0 spiro atoms. The second-order valence-electron chi connectivity index (χ2n) is 6.86. The molecule has 0 radical (unpaired) electrons. The molecule has 140 valence electrons. The number of rotatable bonds is 6. The standard InChI is InChI=1S/C20H27N3O3/c1-14-4-3-11-23(17(14)12-21)20(24)10-9-19-22-13-18(26-19)15-5-7-16(25-2)8-6-15/h5-8,13-14,17H,3-4,9-12,21H2,1-2H3/t14-,17-/m1/s1. The molecule has 1 aromatic heterocycles. The van der Waals surface area contributed by atoms with Crippen molar-refractivity contribution in [3.05, 3.63) is 36.4 Å². The molecule has 1 aliphatic rings. The Morgan fingerprint density at radius 2 is 2.15 bits per heavy atom. The van der Waals surface area contributed by atoms with E-state index in [9.17, 15) is 4.79 Å². The van der Waals surface area contributed by atoms with E-state index in [1.807, 2.05) is 29.2 Å². The normalized spacial score (nSPS) is 20.2. The van der Waals surface area contributed by atoms with Crippen molar-refractivity contribution < 1.29 is 13.9 Å². The molecule has 1 saturated heterocycles. The van der Waals surface area contributed by atoms with Gasteiger partial charge in [0.15, 0.2) is 11.7 Å². The van der Waals surface area contributed by atoms with Gasteiger partial charge >= 0.3 is 0 Å². The van der Waals surface area contributed by atoms with Crippen LogP contribution in [-0.4, -0.2) is 42.0 Å². The lowest BCUT2D eigenvalue weighted by atomic mass is 9.90. The quantitative estimate of drug-likeness (QED) is 0.860. The number of aryl methyl sites for hydroxylation is 1. The Balaban J connectivity index is 1.59. The minimum atomic E-state index is 0.135. The maximum atomic E-state index is 12.6. The Hall–Kier alpha value is -2.34. The Kier molecular flexibility index (Phi) is 5.93. The number of ether oxygens (including phenoxy) is 1. The maximum absolute atomic E-state index is 12.6. The van der Waals surface area contributed by atoms with Gasteiger partial charge in [-0.3, -0.25) is 4.79 Å². The Morgan fingerprint density at radius 3 is 2.85 bits per heavy atom. The number of aromatic nitrogens is 1. The van der Waals surface area contributed by atoms with Gasteiger partial charge in [-0.25, -0.2) is 4.98 Å². The third-order valence-corrected chi connectivity index (χ3v) is 5.16. The van der Waals surface area contributed by atoms with Crippen molar-refractivity contribution in [2.75, 3.05) is 20.2 Å². The van der Waals surface area contributed by atoms with Gasteiger partial charge in [-0.1, -0.05) is 6.92 Å². The fourth-order valence-corrected chi connectivity index (χ4v) is 3.59. The Morgan fingerprint density at radius 1 is 1.38 bits per heavy atom. The maximum Gasteiger partial charge on any atom is 0.223 e. The number of piperidine rings is 1. The second kappa shape index (κ2) is 8.36. The molecular formula is C20H27N3O3. The van der Waals surface area contributed by atoms with E-state index in [1.54, 1.807) is 13.3 Å². The largest absolute Gasteiger partial charge is 0.497 e. The number of oxazole rings is 1. The van der Waals surface area contributed by atoms with Gasteiger partial charge in [0.05, 0.1) is 13.3 Å². The number of nitrogens with two attached hydrogens (primary N) is 1. The van der Waals surface area contributed by atoms with Crippen LogP contribution in [0, 0.1) is 5.92 Å². The first-order valence-electron chi connectivity index (χ1n) is 9.21.